The third kappa shape index (κ3) is 9.54. The molecular formula is C33H50N8O2. The molecule has 7 N–H and O–H groups in total. The Balaban J connectivity index is 1.68. The van der Waals surface area contributed by atoms with E-state index in [4.69, 9.17) is 16.5 Å². The predicted octanol–water partition coefficient (Wildman–Crippen LogP) is 5.02. The molecule has 0 aliphatic carbocycles. The fourth-order valence-electron chi connectivity index (χ4n) is 5.45. The van der Waals surface area contributed by atoms with Gasteiger partial charge in [-0.2, -0.15) is 0 Å². The van der Waals surface area contributed by atoms with E-state index >= 15 is 0 Å². The molecule has 1 aromatic rings. The molecule has 234 valence electrons. The van der Waals surface area contributed by atoms with Crippen LogP contribution in [0.3, 0.4) is 0 Å². The number of likely N-dealkylation sites (tertiary alicyclic amines) is 1. The number of nitrogens with two attached hydrogens (primary N) is 2. The number of aliphatic imine (C=N–C) groups is 1. The zero-order valence-electron chi connectivity index (χ0n) is 26.7. The van der Waals surface area contributed by atoms with Gasteiger partial charge in [0.1, 0.15) is 5.70 Å². The molecular weight excluding hydrogens is 540 g/mol. The van der Waals surface area contributed by atoms with Crippen molar-refractivity contribution in [3.8, 4) is 0 Å². The van der Waals surface area contributed by atoms with Crippen molar-refractivity contribution in [2.24, 2.45) is 16.5 Å². The first-order valence-corrected chi connectivity index (χ1v) is 15.5. The zero-order valence-corrected chi connectivity index (χ0v) is 26.7. The second-order valence-corrected chi connectivity index (χ2v) is 11.6. The molecule has 2 amide bonds. The van der Waals surface area contributed by atoms with Gasteiger partial charge in [-0.15, -0.1) is 0 Å². The Morgan fingerprint density at radius 2 is 1.95 bits per heavy atom. The monoisotopic (exact) mass is 590 g/mol. The van der Waals surface area contributed by atoms with Crippen LogP contribution in [0.15, 0.2) is 63.8 Å². The Labute approximate surface area is 256 Å². The van der Waals surface area contributed by atoms with E-state index in [1.54, 1.807) is 31.5 Å². The lowest BCUT2D eigenvalue weighted by atomic mass is 9.97. The number of dihydropyridines is 1. The van der Waals surface area contributed by atoms with Gasteiger partial charge in [-0.25, -0.2) is 0 Å². The normalized spacial score (nSPS) is 19.7. The van der Waals surface area contributed by atoms with E-state index < -0.39 is 5.91 Å². The molecule has 3 heterocycles. The number of aryl methyl sites for hydroxylation is 1. The highest BCUT2D eigenvalue weighted by Gasteiger charge is 2.23. The average molecular weight is 591 g/mol. The third-order valence-electron chi connectivity index (χ3n) is 8.04. The Kier molecular flexibility index (Phi) is 12.5. The molecule has 2 unspecified atom stereocenters. The second-order valence-electron chi connectivity index (χ2n) is 11.6. The van der Waals surface area contributed by atoms with Gasteiger partial charge in [0.05, 0.1) is 35.5 Å². The van der Waals surface area contributed by atoms with Crippen LogP contribution in [0, 0.1) is 6.92 Å². The molecule has 2 aliphatic heterocycles. The largest absolute Gasteiger partial charge is 0.402 e. The summed E-state index contributed by atoms with van der Waals surface area (Å²) >= 11 is 0. The first-order valence-electron chi connectivity index (χ1n) is 15.5. The highest BCUT2D eigenvalue weighted by atomic mass is 16.2. The molecule has 3 rings (SSSR count). The van der Waals surface area contributed by atoms with Crippen molar-refractivity contribution in [3.63, 3.8) is 0 Å². The summed E-state index contributed by atoms with van der Waals surface area (Å²) in [5, 5.41) is 8.87. The van der Waals surface area contributed by atoms with E-state index in [1.807, 2.05) is 19.9 Å². The fraction of sp³-hybridized carbons (Fsp3) is 0.515. The van der Waals surface area contributed by atoms with E-state index in [-0.39, 0.29) is 17.6 Å². The maximum Gasteiger partial charge on any atom is 0.273 e. The number of hydrogen-bond donors (Lipinski definition) is 5. The molecule has 0 saturated carbocycles. The molecule has 1 aromatic heterocycles. The number of hydrogen-bond acceptors (Lipinski definition) is 8. The predicted molar refractivity (Wildman–Crippen MR) is 176 cm³/mol. The molecule has 10 nitrogen and oxygen atoms in total. The van der Waals surface area contributed by atoms with E-state index in [0.717, 1.165) is 49.1 Å². The summed E-state index contributed by atoms with van der Waals surface area (Å²) in [6.45, 7) is 13.4. The Hall–Kier alpha value is -3.92. The van der Waals surface area contributed by atoms with E-state index in [0.29, 0.717) is 41.0 Å². The van der Waals surface area contributed by atoms with Crippen molar-refractivity contribution in [1.82, 2.24) is 15.2 Å². The van der Waals surface area contributed by atoms with Gasteiger partial charge >= 0.3 is 0 Å². The molecule has 43 heavy (non-hydrogen) atoms. The van der Waals surface area contributed by atoms with Crippen LogP contribution in [0.1, 0.15) is 85.3 Å². The molecule has 2 atom stereocenters. The molecule has 2 aliphatic rings. The second kappa shape index (κ2) is 16.1. The van der Waals surface area contributed by atoms with Crippen molar-refractivity contribution in [2.45, 2.75) is 98.6 Å². The summed E-state index contributed by atoms with van der Waals surface area (Å²) in [5.41, 5.74) is 17.9. The molecule has 10 heteroatoms. The van der Waals surface area contributed by atoms with Crippen LogP contribution in [0.4, 0.5) is 11.4 Å². The minimum absolute atomic E-state index is 0.0192. The summed E-state index contributed by atoms with van der Waals surface area (Å²) in [4.78, 5) is 37.2. The molecule has 0 spiro atoms. The maximum atomic E-state index is 13.1. The minimum Gasteiger partial charge on any atom is -0.402 e. The third-order valence-corrected chi connectivity index (χ3v) is 8.04. The summed E-state index contributed by atoms with van der Waals surface area (Å²) < 4.78 is 0. The van der Waals surface area contributed by atoms with Gasteiger partial charge in [-0.1, -0.05) is 39.2 Å². The number of aromatic nitrogens is 1. The molecule has 0 radical (unpaired) electrons. The standard InChI is InChI=1S/C33H50N8O2/c1-7-9-10-13-26(8-2)38-24(6)31(22(4)34)25-14-15-28(37-18-25)32(35)33(43)40-29-17-27(19-36-23(29)5)39-30(42)20-41-16-11-12-21(41)3/h14-15,17-19,21,26,37H,7-13,16,20,34-35H2,1-6H3,(H,39,42)(H,40,43)/b31-22?,32-28-,38-24?. The number of amides is 2. The summed E-state index contributed by atoms with van der Waals surface area (Å²) in [6.07, 6.45) is 14.8. The summed E-state index contributed by atoms with van der Waals surface area (Å²) in [7, 11) is 0. The van der Waals surface area contributed by atoms with Gasteiger partial charge in [-0.05, 0) is 72.1 Å². The van der Waals surface area contributed by atoms with Crippen LogP contribution in [0.25, 0.3) is 0 Å². The summed E-state index contributed by atoms with van der Waals surface area (Å²) in [6, 6.07) is 2.35. The average Bonchev–Trinajstić information content (AvgIpc) is 3.37. The van der Waals surface area contributed by atoms with Crippen LogP contribution >= 0.6 is 0 Å². The van der Waals surface area contributed by atoms with Crippen LogP contribution in [0.5, 0.6) is 0 Å². The van der Waals surface area contributed by atoms with Gasteiger partial charge in [0.2, 0.25) is 5.91 Å². The molecule has 0 bridgehead atoms. The minimum atomic E-state index is -0.482. The van der Waals surface area contributed by atoms with Crippen molar-refractivity contribution >= 4 is 28.9 Å². The fourth-order valence-corrected chi connectivity index (χ4v) is 5.45. The SMILES string of the molecule is CCCCCC(CC)N=C(C)C(C1=CN/C(=C(\N)C(=O)Nc2cc(NC(=O)CN3CCCC3C)cnc2C)C=C1)=C(C)N. The van der Waals surface area contributed by atoms with Crippen LogP contribution < -0.4 is 27.4 Å². The summed E-state index contributed by atoms with van der Waals surface area (Å²) in [5.74, 6) is -0.592. The highest BCUT2D eigenvalue weighted by molar-refractivity contribution is 6.05. The number of rotatable bonds is 13. The number of allylic oxidation sites excluding steroid dienone is 5. The number of carbonyl (C=O) groups is 2. The van der Waals surface area contributed by atoms with E-state index in [1.165, 1.54) is 19.3 Å². The topological polar surface area (TPSA) is 151 Å². The molecule has 1 saturated heterocycles. The number of pyridine rings is 1. The number of nitrogens with zero attached hydrogens (tertiary/aromatic N) is 3. The Morgan fingerprint density at radius 1 is 1.19 bits per heavy atom. The lowest BCUT2D eigenvalue weighted by Gasteiger charge is -2.20. The first-order chi connectivity index (χ1) is 20.5. The number of anilines is 2. The van der Waals surface area contributed by atoms with E-state index in [9.17, 15) is 9.59 Å². The van der Waals surface area contributed by atoms with Gasteiger partial charge in [0, 0.05) is 40.8 Å². The van der Waals surface area contributed by atoms with Gasteiger partial charge in [0.15, 0.2) is 0 Å². The highest BCUT2D eigenvalue weighted by Crippen LogP contribution is 2.23. The van der Waals surface area contributed by atoms with Gasteiger partial charge in [-0.3, -0.25) is 24.5 Å². The van der Waals surface area contributed by atoms with Gasteiger partial charge in [0.25, 0.3) is 5.91 Å². The molecule has 1 fully saturated rings. The Bertz CT molecular complexity index is 1320. The Morgan fingerprint density at radius 3 is 2.56 bits per heavy atom. The smallest absolute Gasteiger partial charge is 0.273 e. The van der Waals surface area contributed by atoms with Crippen LogP contribution in [0.2, 0.25) is 0 Å². The van der Waals surface area contributed by atoms with Gasteiger partial charge < -0.3 is 27.4 Å². The van der Waals surface area contributed by atoms with Crippen molar-refractivity contribution < 1.29 is 9.59 Å². The van der Waals surface area contributed by atoms with Crippen molar-refractivity contribution in [1.29, 1.82) is 0 Å². The van der Waals surface area contributed by atoms with Crippen molar-refractivity contribution in [2.75, 3.05) is 23.7 Å². The first kappa shape index (κ1) is 33.6. The lowest BCUT2D eigenvalue weighted by molar-refractivity contribution is -0.117. The quantitative estimate of drug-likeness (QED) is 0.123. The number of unbranched alkanes of at least 4 members (excludes halogenated alkanes) is 2. The van der Waals surface area contributed by atoms with Crippen LogP contribution in [-0.2, 0) is 9.59 Å². The lowest BCUT2D eigenvalue weighted by Crippen LogP contribution is -2.35. The van der Waals surface area contributed by atoms with Crippen LogP contribution in [-0.4, -0.2) is 52.6 Å². The number of nitrogens with one attached hydrogen (secondary N) is 3. The maximum absolute atomic E-state index is 13.1. The molecule has 0 aromatic carbocycles. The van der Waals surface area contributed by atoms with E-state index in [2.05, 4.69) is 46.6 Å². The number of carbonyl (C=O) groups excluding carboxylic acids is 2. The zero-order chi connectivity index (χ0) is 31.5. The van der Waals surface area contributed by atoms with Crippen molar-refractivity contribution in [3.05, 3.63) is 64.5 Å².